The largest absolute Gasteiger partial charge is 0.480 e. The summed E-state index contributed by atoms with van der Waals surface area (Å²) in [5.41, 5.74) is 0. The van der Waals surface area contributed by atoms with Gasteiger partial charge in [-0.15, -0.1) is 11.3 Å². The molecule has 3 nitrogen and oxygen atoms in total. The lowest BCUT2D eigenvalue weighted by Gasteiger charge is -2.06. The average Bonchev–Trinajstić information content (AvgIpc) is 2.47. The number of carboxylic acid groups (broad SMARTS) is 1. The van der Waals surface area contributed by atoms with Gasteiger partial charge in [0.05, 0.1) is 4.34 Å². The van der Waals surface area contributed by atoms with Crippen LogP contribution >= 0.6 is 22.9 Å². The fourth-order valence-corrected chi connectivity index (χ4v) is 1.83. The van der Waals surface area contributed by atoms with Crippen molar-refractivity contribution in [2.75, 3.05) is 0 Å². The van der Waals surface area contributed by atoms with Crippen molar-refractivity contribution in [3.63, 3.8) is 0 Å². The van der Waals surface area contributed by atoms with Gasteiger partial charge < -0.3 is 5.11 Å². The number of thiophene rings is 1. The lowest BCUT2D eigenvalue weighted by Crippen LogP contribution is -2.32. The van der Waals surface area contributed by atoms with E-state index in [0.29, 0.717) is 6.54 Å². The normalized spacial score (nSPS) is 12.8. The van der Waals surface area contributed by atoms with E-state index in [0.717, 1.165) is 9.21 Å². The Kier molecular flexibility index (Phi) is 3.71. The van der Waals surface area contributed by atoms with Crippen LogP contribution < -0.4 is 5.32 Å². The molecular weight excluding hydrogens is 210 g/mol. The van der Waals surface area contributed by atoms with E-state index in [2.05, 4.69) is 5.32 Å². The Morgan fingerprint density at radius 3 is 2.92 bits per heavy atom. The molecule has 13 heavy (non-hydrogen) atoms. The van der Waals surface area contributed by atoms with Gasteiger partial charge in [-0.1, -0.05) is 11.6 Å². The summed E-state index contributed by atoms with van der Waals surface area (Å²) in [5, 5.41) is 11.4. The van der Waals surface area contributed by atoms with Crippen molar-refractivity contribution >= 4 is 28.9 Å². The Hall–Kier alpha value is -0.580. The first-order chi connectivity index (χ1) is 6.09. The van der Waals surface area contributed by atoms with E-state index in [1.807, 2.05) is 6.07 Å². The highest BCUT2D eigenvalue weighted by molar-refractivity contribution is 7.16. The number of carboxylic acids is 1. The number of halogens is 1. The highest BCUT2D eigenvalue weighted by Crippen LogP contribution is 2.20. The lowest BCUT2D eigenvalue weighted by atomic mass is 10.3. The molecule has 2 N–H and O–H groups in total. The fraction of sp³-hybridized carbons (Fsp3) is 0.375. The molecular formula is C8H10ClNO2S. The molecule has 0 saturated heterocycles. The standard InChI is InChI=1S/C8H10ClNO2S/c1-5(8(11)12)10-4-6-2-3-7(9)13-6/h2-3,5,10H,4H2,1H3,(H,11,12). The lowest BCUT2D eigenvalue weighted by molar-refractivity contribution is -0.139. The first-order valence-corrected chi connectivity index (χ1v) is 4.99. The van der Waals surface area contributed by atoms with Crippen molar-refractivity contribution < 1.29 is 9.90 Å². The van der Waals surface area contributed by atoms with Gasteiger partial charge in [0.25, 0.3) is 0 Å². The highest BCUT2D eigenvalue weighted by atomic mass is 35.5. The van der Waals surface area contributed by atoms with Gasteiger partial charge in [-0.2, -0.15) is 0 Å². The van der Waals surface area contributed by atoms with E-state index in [9.17, 15) is 4.79 Å². The molecule has 1 aromatic rings. The van der Waals surface area contributed by atoms with Crippen LogP contribution in [0.2, 0.25) is 4.34 Å². The molecule has 1 unspecified atom stereocenters. The number of nitrogens with one attached hydrogen (secondary N) is 1. The zero-order chi connectivity index (χ0) is 9.84. The van der Waals surface area contributed by atoms with Crippen molar-refractivity contribution in [2.24, 2.45) is 0 Å². The molecule has 0 aliphatic carbocycles. The minimum absolute atomic E-state index is 0.527. The maximum absolute atomic E-state index is 10.4. The molecule has 1 aromatic heterocycles. The summed E-state index contributed by atoms with van der Waals surface area (Å²) in [4.78, 5) is 11.5. The summed E-state index contributed by atoms with van der Waals surface area (Å²) < 4.78 is 0.722. The van der Waals surface area contributed by atoms with E-state index in [-0.39, 0.29) is 0 Å². The van der Waals surface area contributed by atoms with Crippen molar-refractivity contribution in [3.05, 3.63) is 21.3 Å². The first kappa shape index (κ1) is 10.5. The quantitative estimate of drug-likeness (QED) is 0.814. The molecule has 0 spiro atoms. The molecule has 1 heterocycles. The Balaban J connectivity index is 2.39. The molecule has 0 fully saturated rings. The molecule has 0 radical (unpaired) electrons. The minimum Gasteiger partial charge on any atom is -0.480 e. The van der Waals surface area contributed by atoms with Crippen LogP contribution in [0, 0.1) is 0 Å². The van der Waals surface area contributed by atoms with Crippen molar-refractivity contribution in [1.82, 2.24) is 5.32 Å². The second-order valence-electron chi connectivity index (χ2n) is 2.65. The van der Waals surface area contributed by atoms with E-state index in [1.54, 1.807) is 13.0 Å². The summed E-state index contributed by atoms with van der Waals surface area (Å²) in [6.07, 6.45) is 0. The molecule has 72 valence electrons. The van der Waals surface area contributed by atoms with E-state index in [1.165, 1.54) is 11.3 Å². The van der Waals surface area contributed by atoms with Crippen LogP contribution in [0.3, 0.4) is 0 Å². The molecule has 0 aliphatic heterocycles. The van der Waals surface area contributed by atoms with Gasteiger partial charge in [-0.25, -0.2) is 0 Å². The SMILES string of the molecule is CC(NCc1ccc(Cl)s1)C(=O)O. The van der Waals surface area contributed by atoms with Gasteiger partial charge in [0, 0.05) is 11.4 Å². The third-order valence-corrected chi connectivity index (χ3v) is 2.81. The number of rotatable bonds is 4. The number of aliphatic carboxylic acids is 1. The molecule has 0 amide bonds. The molecule has 1 atom stereocenters. The molecule has 0 aromatic carbocycles. The minimum atomic E-state index is -0.845. The summed E-state index contributed by atoms with van der Waals surface area (Å²) in [7, 11) is 0. The van der Waals surface area contributed by atoms with Gasteiger partial charge in [0.2, 0.25) is 0 Å². The van der Waals surface area contributed by atoms with E-state index >= 15 is 0 Å². The van der Waals surface area contributed by atoms with Crippen molar-refractivity contribution in [3.8, 4) is 0 Å². The van der Waals surface area contributed by atoms with Crippen LogP contribution in [0.1, 0.15) is 11.8 Å². The number of hydrogen-bond donors (Lipinski definition) is 2. The van der Waals surface area contributed by atoms with Crippen LogP contribution in [0.4, 0.5) is 0 Å². The van der Waals surface area contributed by atoms with Gasteiger partial charge in [-0.05, 0) is 19.1 Å². The van der Waals surface area contributed by atoms with Gasteiger partial charge in [-0.3, -0.25) is 10.1 Å². The molecule has 0 saturated carbocycles. The van der Waals surface area contributed by atoms with Gasteiger partial charge in [0.15, 0.2) is 0 Å². The Labute approximate surface area is 85.3 Å². The van der Waals surface area contributed by atoms with Gasteiger partial charge in [0.1, 0.15) is 6.04 Å². The Morgan fingerprint density at radius 1 is 1.77 bits per heavy atom. The third kappa shape index (κ3) is 3.34. The number of hydrogen-bond acceptors (Lipinski definition) is 3. The topological polar surface area (TPSA) is 49.3 Å². The summed E-state index contributed by atoms with van der Waals surface area (Å²) >= 11 is 7.16. The second-order valence-corrected chi connectivity index (χ2v) is 4.45. The van der Waals surface area contributed by atoms with Crippen molar-refractivity contribution in [1.29, 1.82) is 0 Å². The zero-order valence-electron chi connectivity index (χ0n) is 7.08. The van der Waals surface area contributed by atoms with Crippen LogP contribution in [-0.4, -0.2) is 17.1 Å². The molecule has 0 aliphatic rings. The summed E-state index contributed by atoms with van der Waals surface area (Å²) in [6, 6.07) is 3.16. The fourth-order valence-electron chi connectivity index (χ4n) is 0.788. The molecule has 5 heteroatoms. The van der Waals surface area contributed by atoms with Crippen LogP contribution in [0.15, 0.2) is 12.1 Å². The molecule has 0 bridgehead atoms. The summed E-state index contributed by atoms with van der Waals surface area (Å²) in [5.74, 6) is -0.845. The first-order valence-electron chi connectivity index (χ1n) is 3.80. The van der Waals surface area contributed by atoms with Crippen LogP contribution in [-0.2, 0) is 11.3 Å². The van der Waals surface area contributed by atoms with Gasteiger partial charge >= 0.3 is 5.97 Å². The van der Waals surface area contributed by atoms with E-state index < -0.39 is 12.0 Å². The predicted octanol–water partition coefficient (Wildman–Crippen LogP) is 1.96. The summed E-state index contributed by atoms with van der Waals surface area (Å²) in [6.45, 7) is 2.16. The Bertz CT molecular complexity index is 300. The monoisotopic (exact) mass is 219 g/mol. The maximum Gasteiger partial charge on any atom is 0.320 e. The third-order valence-electron chi connectivity index (χ3n) is 1.58. The van der Waals surface area contributed by atoms with E-state index in [4.69, 9.17) is 16.7 Å². The Morgan fingerprint density at radius 2 is 2.46 bits per heavy atom. The molecule has 1 rings (SSSR count). The zero-order valence-corrected chi connectivity index (χ0v) is 8.65. The van der Waals surface area contributed by atoms with Crippen LogP contribution in [0.5, 0.6) is 0 Å². The average molecular weight is 220 g/mol. The number of carbonyl (C=O) groups is 1. The maximum atomic E-state index is 10.4. The highest BCUT2D eigenvalue weighted by Gasteiger charge is 2.09. The second kappa shape index (κ2) is 4.60. The van der Waals surface area contributed by atoms with Crippen LogP contribution in [0.25, 0.3) is 0 Å². The predicted molar refractivity (Wildman–Crippen MR) is 53.3 cm³/mol. The smallest absolute Gasteiger partial charge is 0.320 e. The van der Waals surface area contributed by atoms with Crippen molar-refractivity contribution in [2.45, 2.75) is 19.5 Å².